The summed E-state index contributed by atoms with van der Waals surface area (Å²) in [6, 6.07) is 8.54. The molecule has 0 spiro atoms. The van der Waals surface area contributed by atoms with Crippen LogP contribution >= 0.6 is 0 Å². The van der Waals surface area contributed by atoms with Crippen LogP contribution < -0.4 is 0 Å². The lowest BCUT2D eigenvalue weighted by molar-refractivity contribution is 1.13. The molecule has 0 fully saturated rings. The van der Waals surface area contributed by atoms with E-state index in [9.17, 15) is 0 Å². The Morgan fingerprint density at radius 3 is 2.07 bits per heavy atom. The zero-order valence-electron chi connectivity index (χ0n) is 9.37. The lowest BCUT2D eigenvalue weighted by Gasteiger charge is -2.02. The van der Waals surface area contributed by atoms with Crippen LogP contribution in [-0.4, -0.2) is 0 Å². The molecule has 0 aliphatic rings. The van der Waals surface area contributed by atoms with Crippen LogP contribution in [0.5, 0.6) is 0 Å². The topological polar surface area (TPSA) is 0 Å². The van der Waals surface area contributed by atoms with Crippen LogP contribution in [0.4, 0.5) is 0 Å². The molecular formula is C15H18. The molecule has 0 heterocycles. The van der Waals surface area contributed by atoms with Crippen LogP contribution in [0, 0.1) is 6.92 Å². The Kier molecular flexibility index (Phi) is 4.62. The Bertz CT molecular complexity index is 340. The van der Waals surface area contributed by atoms with Gasteiger partial charge in [-0.1, -0.05) is 53.6 Å². The van der Waals surface area contributed by atoms with Crippen LogP contribution in [0.1, 0.15) is 24.0 Å². The van der Waals surface area contributed by atoms with Gasteiger partial charge < -0.3 is 0 Å². The van der Waals surface area contributed by atoms with Gasteiger partial charge in [0.1, 0.15) is 0 Å². The van der Waals surface area contributed by atoms with Crippen LogP contribution in [0.25, 0.3) is 6.08 Å². The third kappa shape index (κ3) is 3.99. The summed E-state index contributed by atoms with van der Waals surface area (Å²) in [4.78, 5) is 0. The van der Waals surface area contributed by atoms with Crippen LogP contribution in [0.2, 0.25) is 0 Å². The minimum absolute atomic E-state index is 0.930. The molecule has 0 nitrogen and oxygen atoms in total. The van der Waals surface area contributed by atoms with Crippen molar-refractivity contribution in [1.82, 2.24) is 0 Å². The van der Waals surface area contributed by atoms with Crippen molar-refractivity contribution in [3.05, 3.63) is 66.3 Å². The summed E-state index contributed by atoms with van der Waals surface area (Å²) >= 11 is 0. The van der Waals surface area contributed by atoms with Gasteiger partial charge in [-0.2, -0.15) is 0 Å². The molecule has 0 aromatic heterocycles. The first-order chi connectivity index (χ1) is 7.26. The highest BCUT2D eigenvalue weighted by molar-refractivity contribution is 5.54. The highest BCUT2D eigenvalue weighted by Crippen LogP contribution is 2.14. The summed E-state index contributed by atoms with van der Waals surface area (Å²) in [5, 5.41) is 0. The van der Waals surface area contributed by atoms with Gasteiger partial charge in [-0.05, 0) is 25.3 Å². The Labute approximate surface area is 92.6 Å². The fourth-order valence-corrected chi connectivity index (χ4v) is 1.47. The third-order valence-electron chi connectivity index (χ3n) is 2.26. The molecule has 1 rings (SSSR count). The maximum absolute atomic E-state index is 3.76. The van der Waals surface area contributed by atoms with Crippen molar-refractivity contribution in [2.45, 2.75) is 19.8 Å². The predicted octanol–water partition coefficient (Wildman–Crippen LogP) is 4.53. The number of aryl methyl sites for hydroxylation is 1. The second-order valence-electron chi connectivity index (χ2n) is 3.70. The van der Waals surface area contributed by atoms with E-state index < -0.39 is 0 Å². The van der Waals surface area contributed by atoms with E-state index in [1.165, 1.54) is 16.7 Å². The zero-order chi connectivity index (χ0) is 11.1. The van der Waals surface area contributed by atoms with E-state index >= 15 is 0 Å². The monoisotopic (exact) mass is 198 g/mol. The molecule has 0 saturated carbocycles. The van der Waals surface area contributed by atoms with E-state index in [2.05, 4.69) is 50.4 Å². The summed E-state index contributed by atoms with van der Waals surface area (Å²) in [5.41, 5.74) is 3.89. The quantitative estimate of drug-likeness (QED) is 0.610. The Balaban J connectivity index is 2.85. The molecule has 0 heteroatoms. The molecular weight excluding hydrogens is 180 g/mol. The smallest absolute Gasteiger partial charge is 0.0135 e. The van der Waals surface area contributed by atoms with E-state index in [4.69, 9.17) is 0 Å². The van der Waals surface area contributed by atoms with Gasteiger partial charge in [0.2, 0.25) is 0 Å². The first-order valence-electron chi connectivity index (χ1n) is 5.24. The van der Waals surface area contributed by atoms with Crippen molar-refractivity contribution >= 4 is 6.08 Å². The number of allylic oxidation sites excluding steroid dienone is 3. The predicted molar refractivity (Wildman–Crippen MR) is 68.8 cm³/mol. The van der Waals surface area contributed by atoms with Gasteiger partial charge >= 0.3 is 0 Å². The maximum Gasteiger partial charge on any atom is -0.0135 e. The first-order valence-corrected chi connectivity index (χ1v) is 5.24. The normalized spacial score (nSPS) is 9.40. The van der Waals surface area contributed by atoms with E-state index in [-0.39, 0.29) is 0 Å². The zero-order valence-corrected chi connectivity index (χ0v) is 9.37. The van der Waals surface area contributed by atoms with Gasteiger partial charge in [0.05, 0.1) is 0 Å². The molecule has 0 amide bonds. The second kappa shape index (κ2) is 6.02. The fourth-order valence-electron chi connectivity index (χ4n) is 1.47. The molecule has 0 N–H and O–H groups in total. The van der Waals surface area contributed by atoms with E-state index in [0.29, 0.717) is 0 Å². The van der Waals surface area contributed by atoms with Crippen molar-refractivity contribution < 1.29 is 0 Å². The lowest BCUT2D eigenvalue weighted by Crippen LogP contribution is -1.81. The Morgan fingerprint density at radius 2 is 1.60 bits per heavy atom. The molecule has 1 aromatic rings. The Hall–Kier alpha value is -1.56. The van der Waals surface area contributed by atoms with Gasteiger partial charge in [-0.3, -0.25) is 0 Å². The highest BCUT2D eigenvalue weighted by atomic mass is 14.0. The molecule has 0 atom stereocenters. The van der Waals surface area contributed by atoms with Crippen molar-refractivity contribution in [3.8, 4) is 0 Å². The molecule has 0 bridgehead atoms. The van der Waals surface area contributed by atoms with E-state index in [1.54, 1.807) is 0 Å². The van der Waals surface area contributed by atoms with E-state index in [1.807, 2.05) is 12.2 Å². The average molecular weight is 198 g/mol. The van der Waals surface area contributed by atoms with Gasteiger partial charge in [-0.15, -0.1) is 13.2 Å². The number of benzene rings is 1. The summed E-state index contributed by atoms with van der Waals surface area (Å²) < 4.78 is 0. The number of hydrogen-bond acceptors (Lipinski definition) is 0. The molecule has 1 aromatic carbocycles. The SMILES string of the molecule is C=CCC(=Cc1ccc(C)cc1)CC=C. The van der Waals surface area contributed by atoms with Crippen molar-refractivity contribution in [3.63, 3.8) is 0 Å². The largest absolute Gasteiger partial charge is 0.103 e. The molecule has 0 radical (unpaired) electrons. The first kappa shape index (κ1) is 11.5. The molecule has 0 aliphatic heterocycles. The van der Waals surface area contributed by atoms with Crippen LogP contribution in [0.3, 0.4) is 0 Å². The highest BCUT2D eigenvalue weighted by Gasteiger charge is 1.93. The lowest BCUT2D eigenvalue weighted by atomic mass is 10.0. The minimum Gasteiger partial charge on any atom is -0.103 e. The number of hydrogen-bond donors (Lipinski definition) is 0. The molecule has 0 unspecified atom stereocenters. The van der Waals surface area contributed by atoms with Crippen molar-refractivity contribution in [2.24, 2.45) is 0 Å². The standard InChI is InChI=1S/C15H18/c1-4-6-14(7-5-2)12-15-10-8-13(3)9-11-15/h4-5,8-12H,1-2,6-7H2,3H3. The van der Waals surface area contributed by atoms with Crippen LogP contribution in [-0.2, 0) is 0 Å². The summed E-state index contributed by atoms with van der Waals surface area (Å²) in [5.74, 6) is 0. The number of rotatable bonds is 5. The van der Waals surface area contributed by atoms with Crippen LogP contribution in [0.15, 0.2) is 55.1 Å². The maximum atomic E-state index is 3.76. The minimum atomic E-state index is 0.930. The van der Waals surface area contributed by atoms with Gasteiger partial charge in [-0.25, -0.2) is 0 Å². The van der Waals surface area contributed by atoms with Gasteiger partial charge in [0, 0.05) is 0 Å². The molecule has 0 aliphatic carbocycles. The summed E-state index contributed by atoms with van der Waals surface area (Å²) in [6.45, 7) is 9.63. The molecule has 0 saturated heterocycles. The fraction of sp³-hybridized carbons (Fsp3) is 0.200. The Morgan fingerprint density at radius 1 is 1.07 bits per heavy atom. The summed E-state index contributed by atoms with van der Waals surface area (Å²) in [7, 11) is 0. The average Bonchev–Trinajstić information content (AvgIpc) is 2.22. The molecule has 78 valence electrons. The van der Waals surface area contributed by atoms with Crippen molar-refractivity contribution in [2.75, 3.05) is 0 Å². The van der Waals surface area contributed by atoms with Gasteiger partial charge in [0.25, 0.3) is 0 Å². The summed E-state index contributed by atoms with van der Waals surface area (Å²) in [6.07, 6.45) is 7.94. The van der Waals surface area contributed by atoms with Gasteiger partial charge in [0.15, 0.2) is 0 Å². The second-order valence-corrected chi connectivity index (χ2v) is 3.70. The third-order valence-corrected chi connectivity index (χ3v) is 2.26. The van der Waals surface area contributed by atoms with E-state index in [0.717, 1.165) is 12.8 Å². The molecule has 15 heavy (non-hydrogen) atoms. The van der Waals surface area contributed by atoms with Crippen molar-refractivity contribution in [1.29, 1.82) is 0 Å².